The van der Waals surface area contributed by atoms with E-state index >= 15 is 0 Å². The first-order valence-corrected chi connectivity index (χ1v) is 8.72. The molecule has 0 radical (unpaired) electrons. The molecule has 0 saturated heterocycles. The van der Waals surface area contributed by atoms with Gasteiger partial charge >= 0.3 is 0 Å². The van der Waals surface area contributed by atoms with Crippen LogP contribution in [0, 0.1) is 4.77 Å². The number of aromatic nitrogens is 2. The molecule has 0 spiro atoms. The number of ether oxygens (including phenoxy) is 2. The standard InChI is InChI=1S/C18H24N2O3S/c1-4-7-14-13(17(21)20-18(24)19-14)10-12-8-9-15(22-5-2)16(11-12)23-6-3/h8-9,11H,4-7,10H2,1-3H3,(H2,19,20,21,24). The van der Waals surface area contributed by atoms with Crippen LogP contribution in [0.1, 0.15) is 44.0 Å². The molecule has 0 atom stereocenters. The van der Waals surface area contributed by atoms with Crippen molar-refractivity contribution in [1.29, 1.82) is 0 Å². The van der Waals surface area contributed by atoms with E-state index in [0.29, 0.717) is 30.2 Å². The largest absolute Gasteiger partial charge is 0.490 e. The van der Waals surface area contributed by atoms with Crippen molar-refractivity contribution in [3.05, 3.63) is 50.1 Å². The van der Waals surface area contributed by atoms with Crippen molar-refractivity contribution in [3.8, 4) is 11.5 Å². The smallest absolute Gasteiger partial charge is 0.255 e. The van der Waals surface area contributed by atoms with Gasteiger partial charge in [-0.2, -0.15) is 0 Å². The third kappa shape index (κ3) is 4.47. The second-order valence-electron chi connectivity index (χ2n) is 5.44. The molecule has 0 bridgehead atoms. The van der Waals surface area contributed by atoms with Crippen molar-refractivity contribution < 1.29 is 9.47 Å². The third-order valence-corrected chi connectivity index (χ3v) is 3.82. The van der Waals surface area contributed by atoms with Gasteiger partial charge < -0.3 is 14.5 Å². The van der Waals surface area contributed by atoms with Gasteiger partial charge in [0.2, 0.25) is 0 Å². The number of hydrogen-bond acceptors (Lipinski definition) is 4. The minimum atomic E-state index is -0.131. The van der Waals surface area contributed by atoms with Crippen molar-refractivity contribution in [2.75, 3.05) is 13.2 Å². The summed E-state index contributed by atoms with van der Waals surface area (Å²) in [5.74, 6) is 1.42. The minimum Gasteiger partial charge on any atom is -0.490 e. The predicted octanol–water partition coefficient (Wildman–Crippen LogP) is 3.77. The molecule has 1 aromatic carbocycles. The van der Waals surface area contributed by atoms with E-state index in [-0.39, 0.29) is 5.56 Å². The number of H-pyrrole nitrogens is 2. The van der Waals surface area contributed by atoms with Crippen LogP contribution in [0.3, 0.4) is 0 Å². The molecule has 0 fully saturated rings. The van der Waals surface area contributed by atoms with E-state index in [1.54, 1.807) is 0 Å². The third-order valence-electron chi connectivity index (χ3n) is 3.62. The number of rotatable bonds is 8. The topological polar surface area (TPSA) is 67.1 Å². The second kappa shape index (κ2) is 8.68. The van der Waals surface area contributed by atoms with E-state index in [0.717, 1.165) is 35.4 Å². The Bertz CT molecular complexity index is 796. The Balaban J connectivity index is 2.39. The summed E-state index contributed by atoms with van der Waals surface area (Å²) in [5, 5.41) is 0. The van der Waals surface area contributed by atoms with E-state index < -0.39 is 0 Å². The Morgan fingerprint density at radius 3 is 2.42 bits per heavy atom. The molecule has 5 nitrogen and oxygen atoms in total. The number of nitrogens with one attached hydrogen (secondary N) is 2. The number of hydrogen-bond donors (Lipinski definition) is 2. The van der Waals surface area contributed by atoms with E-state index in [1.807, 2.05) is 32.0 Å². The molecule has 2 aromatic rings. The fraction of sp³-hybridized carbons (Fsp3) is 0.444. The highest BCUT2D eigenvalue weighted by Gasteiger charge is 2.12. The van der Waals surface area contributed by atoms with Crippen LogP contribution in [0.25, 0.3) is 0 Å². The molecule has 1 heterocycles. The van der Waals surface area contributed by atoms with Gasteiger partial charge in [-0.05, 0) is 50.2 Å². The van der Waals surface area contributed by atoms with Gasteiger partial charge in [0.05, 0.1) is 13.2 Å². The Labute approximate surface area is 147 Å². The summed E-state index contributed by atoms with van der Waals surface area (Å²) in [6, 6.07) is 5.79. The number of benzene rings is 1. The summed E-state index contributed by atoms with van der Waals surface area (Å²) in [7, 11) is 0. The van der Waals surface area contributed by atoms with Gasteiger partial charge in [-0.3, -0.25) is 9.78 Å². The average Bonchev–Trinajstić information content (AvgIpc) is 2.53. The average molecular weight is 348 g/mol. The van der Waals surface area contributed by atoms with E-state index in [4.69, 9.17) is 21.7 Å². The maximum Gasteiger partial charge on any atom is 0.255 e. The van der Waals surface area contributed by atoms with Crippen LogP contribution in [-0.2, 0) is 12.8 Å². The first-order valence-electron chi connectivity index (χ1n) is 8.31. The lowest BCUT2D eigenvalue weighted by Gasteiger charge is -2.13. The van der Waals surface area contributed by atoms with Gasteiger partial charge in [-0.15, -0.1) is 0 Å². The predicted molar refractivity (Wildman–Crippen MR) is 97.8 cm³/mol. The molecule has 2 rings (SSSR count). The molecule has 6 heteroatoms. The van der Waals surface area contributed by atoms with Crippen LogP contribution >= 0.6 is 12.2 Å². The minimum absolute atomic E-state index is 0.131. The van der Waals surface area contributed by atoms with Gasteiger partial charge in [0, 0.05) is 17.7 Å². The van der Waals surface area contributed by atoms with Crippen molar-refractivity contribution >= 4 is 12.2 Å². The lowest BCUT2D eigenvalue weighted by Crippen LogP contribution is -2.18. The van der Waals surface area contributed by atoms with Crippen LogP contribution in [0.4, 0.5) is 0 Å². The highest BCUT2D eigenvalue weighted by molar-refractivity contribution is 7.71. The second-order valence-corrected chi connectivity index (χ2v) is 5.85. The zero-order valence-electron chi connectivity index (χ0n) is 14.4. The SMILES string of the molecule is CCCc1[nH]c(=S)[nH]c(=O)c1Cc1ccc(OCC)c(OCC)c1. The molecule has 2 N–H and O–H groups in total. The lowest BCUT2D eigenvalue weighted by molar-refractivity contribution is 0.287. The molecule has 0 aliphatic heterocycles. The normalized spacial score (nSPS) is 10.6. The van der Waals surface area contributed by atoms with E-state index in [1.165, 1.54) is 0 Å². The quantitative estimate of drug-likeness (QED) is 0.713. The fourth-order valence-corrected chi connectivity index (χ4v) is 2.84. The van der Waals surface area contributed by atoms with E-state index in [9.17, 15) is 4.79 Å². The van der Waals surface area contributed by atoms with Gasteiger partial charge in [-0.25, -0.2) is 0 Å². The molecular weight excluding hydrogens is 324 g/mol. The van der Waals surface area contributed by atoms with Crippen molar-refractivity contribution in [3.63, 3.8) is 0 Å². The van der Waals surface area contributed by atoms with Gasteiger partial charge in [0.25, 0.3) is 5.56 Å². The van der Waals surface area contributed by atoms with Gasteiger partial charge in [0.1, 0.15) is 0 Å². The van der Waals surface area contributed by atoms with Gasteiger partial charge in [-0.1, -0.05) is 19.4 Å². The molecule has 0 aliphatic rings. The Morgan fingerprint density at radius 1 is 1.04 bits per heavy atom. The first kappa shape index (κ1) is 18.3. The Kier molecular flexibility index (Phi) is 6.61. The molecule has 130 valence electrons. The summed E-state index contributed by atoms with van der Waals surface area (Å²) < 4.78 is 11.6. The summed E-state index contributed by atoms with van der Waals surface area (Å²) in [6.07, 6.45) is 2.25. The lowest BCUT2D eigenvalue weighted by atomic mass is 10.0. The Morgan fingerprint density at radius 2 is 1.75 bits per heavy atom. The summed E-state index contributed by atoms with van der Waals surface area (Å²) >= 11 is 5.08. The van der Waals surface area contributed by atoms with Crippen LogP contribution in [-0.4, -0.2) is 23.2 Å². The number of aryl methyl sites for hydroxylation is 1. The number of aromatic amines is 2. The molecule has 24 heavy (non-hydrogen) atoms. The van der Waals surface area contributed by atoms with E-state index in [2.05, 4.69) is 16.9 Å². The molecule has 1 aromatic heterocycles. The van der Waals surface area contributed by atoms with Crippen LogP contribution < -0.4 is 15.0 Å². The molecular formula is C18H24N2O3S. The summed E-state index contributed by atoms with van der Waals surface area (Å²) in [6.45, 7) is 7.08. The fourth-order valence-electron chi connectivity index (χ4n) is 2.62. The van der Waals surface area contributed by atoms with Gasteiger partial charge in [0.15, 0.2) is 16.3 Å². The zero-order valence-corrected chi connectivity index (χ0v) is 15.2. The van der Waals surface area contributed by atoms with Crippen LogP contribution in [0.2, 0.25) is 0 Å². The first-order chi connectivity index (χ1) is 11.6. The molecule has 0 amide bonds. The zero-order chi connectivity index (χ0) is 17.5. The monoisotopic (exact) mass is 348 g/mol. The summed E-state index contributed by atoms with van der Waals surface area (Å²) in [5.41, 5.74) is 2.49. The van der Waals surface area contributed by atoms with Crippen molar-refractivity contribution in [1.82, 2.24) is 9.97 Å². The van der Waals surface area contributed by atoms with Crippen molar-refractivity contribution in [2.45, 2.75) is 40.0 Å². The maximum absolute atomic E-state index is 12.3. The maximum atomic E-state index is 12.3. The van der Waals surface area contributed by atoms with Crippen molar-refractivity contribution in [2.24, 2.45) is 0 Å². The highest BCUT2D eigenvalue weighted by atomic mass is 32.1. The highest BCUT2D eigenvalue weighted by Crippen LogP contribution is 2.29. The molecule has 0 unspecified atom stereocenters. The molecule has 0 aliphatic carbocycles. The van der Waals surface area contributed by atoms with Crippen LogP contribution in [0.5, 0.6) is 11.5 Å². The molecule has 0 saturated carbocycles. The summed E-state index contributed by atoms with van der Waals surface area (Å²) in [4.78, 5) is 18.1. The van der Waals surface area contributed by atoms with Crippen LogP contribution in [0.15, 0.2) is 23.0 Å². The Hall–Kier alpha value is -2.08.